The minimum absolute atomic E-state index is 0.259. The van der Waals surface area contributed by atoms with E-state index in [4.69, 9.17) is 4.74 Å². The highest BCUT2D eigenvalue weighted by Gasteiger charge is 2.23. The number of anilines is 1. The Morgan fingerprint density at radius 2 is 2.11 bits per heavy atom. The molecule has 0 amide bonds. The zero-order valence-corrected chi connectivity index (χ0v) is 16.1. The van der Waals surface area contributed by atoms with Crippen LogP contribution in [0.15, 0.2) is 60.9 Å². The average molecular weight is 375 g/mol. The van der Waals surface area contributed by atoms with Crippen molar-refractivity contribution in [3.63, 3.8) is 0 Å². The Kier molecular flexibility index (Phi) is 5.53. The van der Waals surface area contributed by atoms with Crippen LogP contribution in [0.2, 0.25) is 0 Å². The average Bonchev–Trinajstić information content (AvgIpc) is 2.75. The molecular weight excluding hydrogens is 350 g/mol. The number of aromatic nitrogens is 1. The minimum atomic E-state index is -0.292. The molecule has 144 valence electrons. The standard InChI is InChI=1S/C23H25N3O2/c1-28-23(27)18-7-4-6-17(14-18)16-26-13-3-2-10-22(26)25-21-9-5-8-19-15-24-12-11-20(19)21/h4-9,11-12,14-15,22,25H,2-3,10,13,16H2,1H3. The summed E-state index contributed by atoms with van der Waals surface area (Å²) < 4.78 is 4.85. The summed E-state index contributed by atoms with van der Waals surface area (Å²) in [6, 6.07) is 16.1. The van der Waals surface area contributed by atoms with Gasteiger partial charge in [-0.25, -0.2) is 4.79 Å². The molecule has 1 aliphatic rings. The molecule has 0 aliphatic carbocycles. The summed E-state index contributed by atoms with van der Waals surface area (Å²) in [4.78, 5) is 18.5. The van der Waals surface area contributed by atoms with E-state index in [1.165, 1.54) is 25.3 Å². The highest BCUT2D eigenvalue weighted by atomic mass is 16.5. The Labute approximate surface area is 165 Å². The van der Waals surface area contributed by atoms with Gasteiger partial charge in [0.15, 0.2) is 0 Å². The van der Waals surface area contributed by atoms with E-state index >= 15 is 0 Å². The van der Waals surface area contributed by atoms with E-state index in [0.717, 1.165) is 36.1 Å². The quantitative estimate of drug-likeness (QED) is 0.668. The first-order chi connectivity index (χ1) is 13.7. The number of hydrogen-bond acceptors (Lipinski definition) is 5. The second-order valence-corrected chi connectivity index (χ2v) is 7.22. The topological polar surface area (TPSA) is 54.5 Å². The zero-order valence-electron chi connectivity index (χ0n) is 16.1. The Balaban J connectivity index is 1.54. The summed E-state index contributed by atoms with van der Waals surface area (Å²) in [6.45, 7) is 1.83. The number of piperidine rings is 1. The van der Waals surface area contributed by atoms with Crippen molar-refractivity contribution in [2.45, 2.75) is 32.0 Å². The van der Waals surface area contributed by atoms with Crippen LogP contribution in [0.3, 0.4) is 0 Å². The first-order valence-electron chi connectivity index (χ1n) is 9.75. The zero-order chi connectivity index (χ0) is 19.3. The molecule has 1 fully saturated rings. The number of fused-ring (bicyclic) bond motifs is 1. The maximum absolute atomic E-state index is 11.8. The number of hydrogen-bond donors (Lipinski definition) is 1. The third kappa shape index (κ3) is 3.99. The number of likely N-dealkylation sites (tertiary alicyclic amines) is 1. The molecule has 2 aromatic carbocycles. The molecule has 28 heavy (non-hydrogen) atoms. The van der Waals surface area contributed by atoms with E-state index in [1.807, 2.05) is 24.5 Å². The van der Waals surface area contributed by atoms with Gasteiger partial charge < -0.3 is 10.1 Å². The van der Waals surface area contributed by atoms with Crippen molar-refractivity contribution in [2.75, 3.05) is 19.0 Å². The van der Waals surface area contributed by atoms with Crippen LogP contribution in [0.5, 0.6) is 0 Å². The van der Waals surface area contributed by atoms with Crippen LogP contribution in [0, 0.1) is 0 Å². The van der Waals surface area contributed by atoms with Gasteiger partial charge in [0.25, 0.3) is 0 Å². The molecule has 1 N–H and O–H groups in total. The predicted molar refractivity (Wildman–Crippen MR) is 111 cm³/mol. The van der Waals surface area contributed by atoms with Crippen molar-refractivity contribution in [3.05, 3.63) is 72.1 Å². The molecule has 1 atom stereocenters. The summed E-state index contributed by atoms with van der Waals surface area (Å²) in [5.74, 6) is -0.292. The Morgan fingerprint density at radius 3 is 3.00 bits per heavy atom. The van der Waals surface area contributed by atoms with E-state index in [9.17, 15) is 4.79 Å². The summed E-state index contributed by atoms with van der Waals surface area (Å²) >= 11 is 0. The van der Waals surface area contributed by atoms with Gasteiger partial charge in [0.1, 0.15) is 0 Å². The van der Waals surface area contributed by atoms with E-state index in [0.29, 0.717) is 5.56 Å². The first-order valence-corrected chi connectivity index (χ1v) is 9.75. The molecule has 0 radical (unpaired) electrons. The van der Waals surface area contributed by atoms with Crippen LogP contribution < -0.4 is 5.32 Å². The molecule has 1 saturated heterocycles. The summed E-state index contributed by atoms with van der Waals surface area (Å²) in [5.41, 5.74) is 2.86. The van der Waals surface area contributed by atoms with Gasteiger partial charge in [-0.2, -0.15) is 0 Å². The lowest BCUT2D eigenvalue weighted by Crippen LogP contribution is -2.43. The van der Waals surface area contributed by atoms with Crippen LogP contribution in [0.25, 0.3) is 10.8 Å². The summed E-state index contributed by atoms with van der Waals surface area (Å²) in [5, 5.41) is 6.08. The molecular formula is C23H25N3O2. The largest absolute Gasteiger partial charge is 0.465 e. The van der Waals surface area contributed by atoms with E-state index < -0.39 is 0 Å². The lowest BCUT2D eigenvalue weighted by atomic mass is 10.0. The van der Waals surface area contributed by atoms with Gasteiger partial charge in [-0.1, -0.05) is 24.3 Å². The molecule has 0 saturated carbocycles. The van der Waals surface area contributed by atoms with Gasteiger partial charge in [-0.15, -0.1) is 0 Å². The van der Waals surface area contributed by atoms with Crippen molar-refractivity contribution >= 4 is 22.4 Å². The summed E-state index contributed by atoms with van der Waals surface area (Å²) in [6.07, 6.45) is 7.49. The van der Waals surface area contributed by atoms with Crippen molar-refractivity contribution in [1.29, 1.82) is 0 Å². The van der Waals surface area contributed by atoms with Gasteiger partial charge in [-0.3, -0.25) is 9.88 Å². The van der Waals surface area contributed by atoms with Gasteiger partial charge in [0, 0.05) is 41.9 Å². The Hall–Kier alpha value is -2.92. The van der Waals surface area contributed by atoms with Crippen molar-refractivity contribution in [1.82, 2.24) is 9.88 Å². The van der Waals surface area contributed by atoms with E-state index in [1.54, 1.807) is 6.07 Å². The van der Waals surface area contributed by atoms with Gasteiger partial charge in [0.05, 0.1) is 18.8 Å². The maximum Gasteiger partial charge on any atom is 0.337 e. The number of pyridine rings is 1. The van der Waals surface area contributed by atoms with E-state index in [2.05, 4.69) is 45.5 Å². The molecule has 3 aromatic rings. The molecule has 5 nitrogen and oxygen atoms in total. The molecule has 4 rings (SSSR count). The number of ether oxygens (including phenoxy) is 1. The fraction of sp³-hybridized carbons (Fsp3) is 0.304. The minimum Gasteiger partial charge on any atom is -0.465 e. The lowest BCUT2D eigenvalue weighted by Gasteiger charge is -2.37. The number of nitrogens with zero attached hydrogens (tertiary/aromatic N) is 2. The second kappa shape index (κ2) is 8.40. The number of methoxy groups -OCH3 is 1. The monoisotopic (exact) mass is 375 g/mol. The normalized spacial score (nSPS) is 17.4. The Morgan fingerprint density at radius 1 is 1.21 bits per heavy atom. The fourth-order valence-corrected chi connectivity index (χ4v) is 3.92. The van der Waals surface area contributed by atoms with Crippen LogP contribution in [0.4, 0.5) is 5.69 Å². The molecule has 1 aliphatic heterocycles. The second-order valence-electron chi connectivity index (χ2n) is 7.22. The number of benzene rings is 2. The Bertz CT molecular complexity index is 967. The van der Waals surface area contributed by atoms with Crippen molar-refractivity contribution < 1.29 is 9.53 Å². The molecule has 1 unspecified atom stereocenters. The molecule has 2 heterocycles. The predicted octanol–water partition coefficient (Wildman–Crippen LogP) is 4.45. The van der Waals surface area contributed by atoms with Crippen LogP contribution in [-0.2, 0) is 11.3 Å². The third-order valence-electron chi connectivity index (χ3n) is 5.35. The summed E-state index contributed by atoms with van der Waals surface area (Å²) in [7, 11) is 1.42. The number of nitrogens with one attached hydrogen (secondary N) is 1. The lowest BCUT2D eigenvalue weighted by molar-refractivity contribution is 0.0600. The molecule has 0 bridgehead atoms. The molecule has 0 spiro atoms. The van der Waals surface area contributed by atoms with Crippen LogP contribution in [-0.4, -0.2) is 35.7 Å². The molecule has 1 aromatic heterocycles. The number of esters is 1. The number of carbonyl (C=O) groups is 1. The number of carbonyl (C=O) groups excluding carboxylic acids is 1. The molecule has 5 heteroatoms. The fourth-order valence-electron chi connectivity index (χ4n) is 3.92. The van der Waals surface area contributed by atoms with Crippen molar-refractivity contribution in [3.8, 4) is 0 Å². The van der Waals surface area contributed by atoms with Crippen LogP contribution >= 0.6 is 0 Å². The SMILES string of the molecule is COC(=O)c1cccc(CN2CCCCC2Nc2cccc3cnccc23)c1. The first kappa shape index (κ1) is 18.4. The smallest absolute Gasteiger partial charge is 0.337 e. The van der Waals surface area contributed by atoms with Crippen LogP contribution in [0.1, 0.15) is 35.2 Å². The number of rotatable bonds is 5. The van der Waals surface area contributed by atoms with Gasteiger partial charge in [0.2, 0.25) is 0 Å². The van der Waals surface area contributed by atoms with Gasteiger partial charge >= 0.3 is 5.97 Å². The maximum atomic E-state index is 11.8. The highest BCUT2D eigenvalue weighted by molar-refractivity contribution is 5.93. The van der Waals surface area contributed by atoms with Crippen molar-refractivity contribution in [2.24, 2.45) is 0 Å². The third-order valence-corrected chi connectivity index (χ3v) is 5.35. The van der Waals surface area contributed by atoms with Gasteiger partial charge in [-0.05, 0) is 49.1 Å². The highest BCUT2D eigenvalue weighted by Crippen LogP contribution is 2.27. The van der Waals surface area contributed by atoms with E-state index in [-0.39, 0.29) is 12.1 Å².